The number of rotatable bonds is 3. The maximum atomic E-state index is 13.2. The summed E-state index contributed by atoms with van der Waals surface area (Å²) in [6.45, 7) is 0. The SMILES string of the molecule is O=C(C1CCCc2cccnc21)C1(c2ccccc2)CC1. The summed E-state index contributed by atoms with van der Waals surface area (Å²) in [7, 11) is 0. The predicted molar refractivity (Wildman–Crippen MR) is 82.3 cm³/mol. The van der Waals surface area contributed by atoms with Gasteiger partial charge in [0, 0.05) is 6.20 Å². The Labute approximate surface area is 125 Å². The van der Waals surface area contributed by atoms with E-state index in [2.05, 4.69) is 23.2 Å². The molecule has 2 heteroatoms. The van der Waals surface area contributed by atoms with E-state index in [0.717, 1.165) is 37.8 Å². The van der Waals surface area contributed by atoms with Gasteiger partial charge in [0.1, 0.15) is 0 Å². The molecule has 1 aromatic heterocycles. The quantitative estimate of drug-likeness (QED) is 0.854. The van der Waals surface area contributed by atoms with Crippen molar-refractivity contribution < 1.29 is 4.79 Å². The molecular formula is C19H19NO. The van der Waals surface area contributed by atoms with E-state index < -0.39 is 0 Å². The van der Waals surface area contributed by atoms with E-state index in [9.17, 15) is 4.79 Å². The third-order valence-electron chi connectivity index (χ3n) is 5.06. The monoisotopic (exact) mass is 277 g/mol. The fraction of sp³-hybridized carbons (Fsp3) is 0.368. The first-order valence-corrected chi connectivity index (χ1v) is 7.85. The molecule has 2 aliphatic carbocycles. The average molecular weight is 277 g/mol. The van der Waals surface area contributed by atoms with Crippen LogP contribution in [0.2, 0.25) is 0 Å². The summed E-state index contributed by atoms with van der Waals surface area (Å²) in [6, 6.07) is 14.4. The van der Waals surface area contributed by atoms with Crippen LogP contribution in [0, 0.1) is 0 Å². The fourth-order valence-corrected chi connectivity index (χ4v) is 3.76. The highest BCUT2D eigenvalue weighted by Gasteiger charge is 2.53. The van der Waals surface area contributed by atoms with Crippen LogP contribution in [0.1, 0.15) is 48.4 Å². The van der Waals surface area contributed by atoms with Gasteiger partial charge in [-0.15, -0.1) is 0 Å². The van der Waals surface area contributed by atoms with E-state index in [1.165, 1.54) is 11.1 Å². The van der Waals surface area contributed by atoms with Gasteiger partial charge in [0.2, 0.25) is 0 Å². The largest absolute Gasteiger partial charge is 0.298 e. The minimum atomic E-state index is -0.224. The van der Waals surface area contributed by atoms with Crippen molar-refractivity contribution in [1.82, 2.24) is 4.98 Å². The summed E-state index contributed by atoms with van der Waals surface area (Å²) < 4.78 is 0. The highest BCUT2D eigenvalue weighted by molar-refractivity contribution is 5.98. The molecule has 1 aromatic carbocycles. The van der Waals surface area contributed by atoms with Crippen LogP contribution in [0.25, 0.3) is 0 Å². The number of benzene rings is 1. The Hall–Kier alpha value is -1.96. The molecule has 0 N–H and O–H groups in total. The van der Waals surface area contributed by atoms with Crippen LogP contribution in [-0.4, -0.2) is 10.8 Å². The number of ketones is 1. The maximum Gasteiger partial charge on any atom is 0.152 e. The molecule has 1 fully saturated rings. The van der Waals surface area contributed by atoms with Gasteiger partial charge in [-0.1, -0.05) is 36.4 Å². The van der Waals surface area contributed by atoms with Crippen LogP contribution in [0.4, 0.5) is 0 Å². The van der Waals surface area contributed by atoms with Crippen molar-refractivity contribution in [2.45, 2.75) is 43.4 Å². The molecule has 2 aromatic rings. The number of fused-ring (bicyclic) bond motifs is 1. The van der Waals surface area contributed by atoms with Crippen LogP contribution < -0.4 is 0 Å². The van der Waals surface area contributed by atoms with E-state index in [1.807, 2.05) is 30.5 Å². The summed E-state index contributed by atoms with van der Waals surface area (Å²) in [6.07, 6.45) is 6.93. The molecule has 0 radical (unpaired) electrons. The lowest BCUT2D eigenvalue weighted by Crippen LogP contribution is -2.30. The Kier molecular flexibility index (Phi) is 2.91. The number of carbonyl (C=O) groups excluding carboxylic acids is 1. The Morgan fingerprint density at radius 3 is 2.67 bits per heavy atom. The van der Waals surface area contributed by atoms with Gasteiger partial charge in [-0.2, -0.15) is 0 Å². The first kappa shape index (κ1) is 12.8. The molecule has 106 valence electrons. The molecule has 0 saturated heterocycles. The van der Waals surface area contributed by atoms with Gasteiger partial charge in [0.15, 0.2) is 5.78 Å². The summed E-state index contributed by atoms with van der Waals surface area (Å²) in [5.74, 6) is 0.394. The van der Waals surface area contributed by atoms with Gasteiger partial charge in [0.05, 0.1) is 17.0 Å². The van der Waals surface area contributed by atoms with Crippen molar-refractivity contribution in [2.24, 2.45) is 0 Å². The lowest BCUT2D eigenvalue weighted by Gasteiger charge is -2.27. The zero-order valence-electron chi connectivity index (χ0n) is 12.1. The number of hydrogen-bond donors (Lipinski definition) is 0. The molecule has 0 aliphatic heterocycles. The number of Topliss-reactive ketones (excluding diaryl/α,β-unsaturated/α-hetero) is 1. The van der Waals surface area contributed by atoms with Gasteiger partial charge in [-0.05, 0) is 49.3 Å². The van der Waals surface area contributed by atoms with Gasteiger partial charge < -0.3 is 0 Å². The van der Waals surface area contributed by atoms with E-state index in [4.69, 9.17) is 0 Å². The molecule has 0 bridgehead atoms. The van der Waals surface area contributed by atoms with Gasteiger partial charge in [0.25, 0.3) is 0 Å². The molecular weight excluding hydrogens is 258 g/mol. The molecule has 21 heavy (non-hydrogen) atoms. The lowest BCUT2D eigenvalue weighted by atomic mass is 9.76. The van der Waals surface area contributed by atoms with E-state index in [1.54, 1.807) is 0 Å². The summed E-state index contributed by atoms with van der Waals surface area (Å²) in [4.78, 5) is 17.7. The molecule has 4 rings (SSSR count). The second kappa shape index (κ2) is 4.80. The standard InChI is InChI=1S/C19H19NO/c21-18(19(11-12-19)15-8-2-1-3-9-15)16-10-4-6-14-7-5-13-20-17(14)16/h1-3,5,7-9,13,16H,4,6,10-12H2. The molecule has 0 spiro atoms. The molecule has 1 heterocycles. The summed E-state index contributed by atoms with van der Waals surface area (Å²) in [5.41, 5.74) is 3.28. The van der Waals surface area contributed by atoms with Crippen LogP contribution in [0.3, 0.4) is 0 Å². The minimum Gasteiger partial charge on any atom is -0.298 e. The Bertz CT molecular complexity index is 673. The van der Waals surface area contributed by atoms with Crippen molar-refractivity contribution >= 4 is 5.78 Å². The lowest BCUT2D eigenvalue weighted by molar-refractivity contribution is -0.123. The third-order valence-corrected chi connectivity index (χ3v) is 5.06. The molecule has 2 nitrogen and oxygen atoms in total. The van der Waals surface area contributed by atoms with Crippen molar-refractivity contribution in [3.63, 3.8) is 0 Å². The van der Waals surface area contributed by atoms with Gasteiger partial charge in [-0.25, -0.2) is 0 Å². The fourth-order valence-electron chi connectivity index (χ4n) is 3.76. The van der Waals surface area contributed by atoms with Crippen LogP contribution in [-0.2, 0) is 16.6 Å². The number of carbonyl (C=O) groups is 1. The summed E-state index contributed by atoms with van der Waals surface area (Å²) >= 11 is 0. The Balaban J connectivity index is 1.71. The summed E-state index contributed by atoms with van der Waals surface area (Å²) in [5, 5.41) is 0. The highest BCUT2D eigenvalue weighted by Crippen LogP contribution is 2.52. The van der Waals surface area contributed by atoms with Crippen LogP contribution in [0.15, 0.2) is 48.7 Å². The number of nitrogens with zero attached hydrogens (tertiary/aromatic N) is 1. The number of aryl methyl sites for hydroxylation is 1. The average Bonchev–Trinajstić information content (AvgIpc) is 3.36. The second-order valence-electron chi connectivity index (χ2n) is 6.30. The first-order valence-electron chi connectivity index (χ1n) is 7.85. The Morgan fingerprint density at radius 1 is 1.10 bits per heavy atom. The maximum absolute atomic E-state index is 13.2. The van der Waals surface area contributed by atoms with Crippen LogP contribution >= 0.6 is 0 Å². The van der Waals surface area contributed by atoms with Gasteiger partial charge in [-0.3, -0.25) is 9.78 Å². The smallest absolute Gasteiger partial charge is 0.152 e. The van der Waals surface area contributed by atoms with Crippen LogP contribution in [0.5, 0.6) is 0 Å². The molecule has 1 atom stereocenters. The van der Waals surface area contributed by atoms with E-state index >= 15 is 0 Å². The zero-order chi connectivity index (χ0) is 14.3. The first-order chi connectivity index (χ1) is 10.3. The van der Waals surface area contributed by atoms with Crippen molar-refractivity contribution in [3.05, 3.63) is 65.5 Å². The predicted octanol–water partition coefficient (Wildman–Crippen LogP) is 3.80. The normalized spacial score (nSPS) is 22.4. The van der Waals surface area contributed by atoms with Crippen molar-refractivity contribution in [1.29, 1.82) is 0 Å². The van der Waals surface area contributed by atoms with E-state index in [0.29, 0.717) is 5.78 Å². The Morgan fingerprint density at radius 2 is 1.90 bits per heavy atom. The number of aromatic nitrogens is 1. The molecule has 0 amide bonds. The van der Waals surface area contributed by atoms with Crippen molar-refractivity contribution in [2.75, 3.05) is 0 Å². The van der Waals surface area contributed by atoms with Gasteiger partial charge >= 0.3 is 0 Å². The third kappa shape index (κ3) is 2.01. The highest BCUT2D eigenvalue weighted by atomic mass is 16.1. The zero-order valence-corrected chi connectivity index (χ0v) is 12.1. The topological polar surface area (TPSA) is 30.0 Å². The second-order valence-corrected chi connectivity index (χ2v) is 6.30. The minimum absolute atomic E-state index is 0.00217. The van der Waals surface area contributed by atoms with E-state index in [-0.39, 0.29) is 11.3 Å². The number of hydrogen-bond acceptors (Lipinski definition) is 2. The molecule has 2 aliphatic rings. The molecule has 1 unspecified atom stereocenters. The van der Waals surface area contributed by atoms with Crippen molar-refractivity contribution in [3.8, 4) is 0 Å². The number of pyridine rings is 1. The molecule has 1 saturated carbocycles.